The fraction of sp³-hybridized carbons (Fsp3) is 0.238. The van der Waals surface area contributed by atoms with Crippen LogP contribution in [0.3, 0.4) is 0 Å². The van der Waals surface area contributed by atoms with Crippen molar-refractivity contribution in [3.05, 3.63) is 77.4 Å². The summed E-state index contributed by atoms with van der Waals surface area (Å²) in [7, 11) is 2.25. The first-order valence-electron chi connectivity index (χ1n) is 8.31. The highest BCUT2D eigenvalue weighted by Gasteiger charge is 2.43. The third-order valence-electron chi connectivity index (χ3n) is 4.23. The summed E-state index contributed by atoms with van der Waals surface area (Å²) in [4.78, 5) is 0. The summed E-state index contributed by atoms with van der Waals surface area (Å²) in [6, 6.07) is 18.6. The molecule has 0 aromatic heterocycles. The van der Waals surface area contributed by atoms with Gasteiger partial charge in [-0.05, 0) is 16.7 Å². The van der Waals surface area contributed by atoms with Gasteiger partial charge in [0.2, 0.25) is 0 Å². The van der Waals surface area contributed by atoms with Gasteiger partial charge < -0.3 is 13.3 Å². The standard InChI is InChI=1S/C21H26O3Si/c1-18(25(22-2,23-3)24-4)14-16-20-12-8-9-13-21(20)17-15-19-10-6-5-7-11-19/h5-18H,1-4H3/b16-14-,17-15+. The minimum atomic E-state index is -2.67. The maximum Gasteiger partial charge on any atom is 0.507 e. The van der Waals surface area contributed by atoms with Crippen LogP contribution in [0.5, 0.6) is 0 Å². The highest BCUT2D eigenvalue weighted by molar-refractivity contribution is 6.62. The molecule has 0 aliphatic heterocycles. The normalized spacial score (nSPS) is 13.6. The number of allylic oxidation sites excluding steroid dienone is 1. The van der Waals surface area contributed by atoms with Gasteiger partial charge in [0, 0.05) is 26.9 Å². The molecule has 0 bridgehead atoms. The lowest BCUT2D eigenvalue weighted by molar-refractivity contribution is 0.118. The van der Waals surface area contributed by atoms with Gasteiger partial charge in [-0.2, -0.15) is 0 Å². The molecule has 0 N–H and O–H groups in total. The van der Waals surface area contributed by atoms with Crippen LogP contribution in [0.2, 0.25) is 5.54 Å². The molecule has 0 heterocycles. The van der Waals surface area contributed by atoms with E-state index in [1.165, 1.54) is 5.56 Å². The molecule has 1 unspecified atom stereocenters. The Morgan fingerprint density at radius 1 is 0.720 bits per heavy atom. The van der Waals surface area contributed by atoms with Gasteiger partial charge in [0.25, 0.3) is 0 Å². The molecule has 2 rings (SSSR count). The van der Waals surface area contributed by atoms with E-state index in [9.17, 15) is 0 Å². The lowest BCUT2D eigenvalue weighted by Gasteiger charge is -2.28. The van der Waals surface area contributed by atoms with Crippen LogP contribution in [0.4, 0.5) is 0 Å². The van der Waals surface area contributed by atoms with Crippen molar-refractivity contribution in [3.63, 3.8) is 0 Å². The van der Waals surface area contributed by atoms with Crippen molar-refractivity contribution in [2.75, 3.05) is 21.3 Å². The lowest BCUT2D eigenvalue weighted by Crippen LogP contribution is -2.46. The molecule has 3 nitrogen and oxygen atoms in total. The van der Waals surface area contributed by atoms with Gasteiger partial charge >= 0.3 is 8.80 Å². The number of rotatable bonds is 8. The Labute approximate surface area is 151 Å². The molecular formula is C21H26O3Si. The Morgan fingerprint density at radius 3 is 1.80 bits per heavy atom. The number of hydrogen-bond acceptors (Lipinski definition) is 3. The van der Waals surface area contributed by atoms with E-state index in [1.54, 1.807) is 21.3 Å². The molecule has 0 saturated heterocycles. The molecule has 0 aliphatic carbocycles. The summed E-state index contributed by atoms with van der Waals surface area (Å²) >= 11 is 0. The molecule has 0 radical (unpaired) electrons. The summed E-state index contributed by atoms with van der Waals surface area (Å²) in [6.45, 7) is 2.06. The van der Waals surface area contributed by atoms with Crippen LogP contribution < -0.4 is 0 Å². The molecule has 0 amide bonds. The molecule has 0 aliphatic rings. The van der Waals surface area contributed by atoms with E-state index in [2.05, 4.69) is 55.5 Å². The van der Waals surface area contributed by atoms with Crippen LogP contribution in [0.25, 0.3) is 18.2 Å². The first-order chi connectivity index (χ1) is 12.1. The van der Waals surface area contributed by atoms with Crippen LogP contribution in [0, 0.1) is 0 Å². The molecule has 0 spiro atoms. The van der Waals surface area contributed by atoms with Gasteiger partial charge in [-0.25, -0.2) is 0 Å². The van der Waals surface area contributed by atoms with Crippen molar-refractivity contribution < 1.29 is 13.3 Å². The molecular weight excluding hydrogens is 328 g/mol. The zero-order valence-corrected chi connectivity index (χ0v) is 16.3. The predicted molar refractivity (Wildman–Crippen MR) is 107 cm³/mol. The van der Waals surface area contributed by atoms with Crippen molar-refractivity contribution in [2.45, 2.75) is 12.5 Å². The highest BCUT2D eigenvalue weighted by atomic mass is 28.4. The first-order valence-corrected chi connectivity index (χ1v) is 10.1. The molecule has 2 aromatic carbocycles. The maximum atomic E-state index is 5.55. The minimum Gasteiger partial charge on any atom is -0.376 e. The maximum absolute atomic E-state index is 5.55. The third kappa shape index (κ3) is 5.00. The summed E-state index contributed by atoms with van der Waals surface area (Å²) in [5, 5.41) is 0. The molecule has 4 heteroatoms. The second-order valence-electron chi connectivity index (χ2n) is 5.74. The Hall–Kier alpha value is -1.98. The van der Waals surface area contributed by atoms with E-state index in [-0.39, 0.29) is 5.54 Å². The molecule has 0 saturated carbocycles. The number of hydrogen-bond donors (Lipinski definition) is 0. The second-order valence-corrected chi connectivity index (χ2v) is 9.08. The zero-order chi connectivity index (χ0) is 18.1. The van der Waals surface area contributed by atoms with Gasteiger partial charge in [-0.1, -0.05) is 85.8 Å². The summed E-state index contributed by atoms with van der Waals surface area (Å²) in [6.07, 6.45) is 8.45. The van der Waals surface area contributed by atoms with Gasteiger partial charge in [-0.15, -0.1) is 0 Å². The number of benzene rings is 2. The van der Waals surface area contributed by atoms with Gasteiger partial charge in [-0.3, -0.25) is 0 Å². The second kappa shape index (κ2) is 9.49. The predicted octanol–water partition coefficient (Wildman–Crippen LogP) is 5.14. The average Bonchev–Trinajstić information content (AvgIpc) is 2.68. The molecule has 132 valence electrons. The Kier molecular flexibility index (Phi) is 7.34. The summed E-state index contributed by atoms with van der Waals surface area (Å²) in [5.41, 5.74) is 3.54. The largest absolute Gasteiger partial charge is 0.507 e. The molecule has 2 aromatic rings. The van der Waals surface area contributed by atoms with Crippen molar-refractivity contribution in [2.24, 2.45) is 0 Å². The van der Waals surface area contributed by atoms with Crippen molar-refractivity contribution in [1.29, 1.82) is 0 Å². The molecule has 25 heavy (non-hydrogen) atoms. The van der Waals surface area contributed by atoms with Crippen LogP contribution in [0.15, 0.2) is 60.7 Å². The van der Waals surface area contributed by atoms with Crippen molar-refractivity contribution >= 4 is 27.0 Å². The Balaban J connectivity index is 2.22. The van der Waals surface area contributed by atoms with E-state index >= 15 is 0 Å². The van der Waals surface area contributed by atoms with E-state index in [0.29, 0.717) is 0 Å². The van der Waals surface area contributed by atoms with E-state index in [0.717, 1.165) is 11.1 Å². The third-order valence-corrected chi connectivity index (χ3v) is 7.24. The summed E-state index contributed by atoms with van der Waals surface area (Å²) in [5.74, 6) is 0. The van der Waals surface area contributed by atoms with Crippen molar-refractivity contribution in [3.8, 4) is 0 Å². The average molecular weight is 355 g/mol. The monoisotopic (exact) mass is 354 g/mol. The SMILES string of the molecule is CO[Si](OC)(OC)C(C)/C=C\c1ccccc1/C=C/c1ccccc1. The smallest absolute Gasteiger partial charge is 0.376 e. The summed E-state index contributed by atoms with van der Waals surface area (Å²) < 4.78 is 16.7. The van der Waals surface area contributed by atoms with Crippen LogP contribution in [-0.2, 0) is 13.3 Å². The van der Waals surface area contributed by atoms with Crippen LogP contribution in [0.1, 0.15) is 23.6 Å². The lowest BCUT2D eigenvalue weighted by atomic mass is 10.1. The highest BCUT2D eigenvalue weighted by Crippen LogP contribution is 2.26. The van der Waals surface area contributed by atoms with Gasteiger partial charge in [0.1, 0.15) is 0 Å². The van der Waals surface area contributed by atoms with E-state index < -0.39 is 8.80 Å². The fourth-order valence-corrected chi connectivity index (χ4v) is 4.69. The molecule has 0 fully saturated rings. The minimum absolute atomic E-state index is 0.0543. The van der Waals surface area contributed by atoms with Gasteiger partial charge in [0.15, 0.2) is 0 Å². The van der Waals surface area contributed by atoms with E-state index in [4.69, 9.17) is 13.3 Å². The van der Waals surface area contributed by atoms with Gasteiger partial charge in [0.05, 0.1) is 0 Å². The van der Waals surface area contributed by atoms with Crippen molar-refractivity contribution in [1.82, 2.24) is 0 Å². The Bertz CT molecular complexity index is 698. The van der Waals surface area contributed by atoms with Crippen LogP contribution >= 0.6 is 0 Å². The first kappa shape index (κ1) is 19.3. The fourth-order valence-electron chi connectivity index (χ4n) is 2.74. The topological polar surface area (TPSA) is 27.7 Å². The van der Waals surface area contributed by atoms with Crippen LogP contribution in [-0.4, -0.2) is 30.1 Å². The molecule has 1 atom stereocenters. The quantitative estimate of drug-likeness (QED) is 0.485. The Morgan fingerprint density at radius 2 is 1.24 bits per heavy atom. The van der Waals surface area contributed by atoms with E-state index in [1.807, 2.05) is 30.3 Å². The zero-order valence-electron chi connectivity index (χ0n) is 15.3.